The molecule has 2 heterocycles. The molecule has 0 unspecified atom stereocenters. The predicted octanol–water partition coefficient (Wildman–Crippen LogP) is 3.52. The van der Waals surface area contributed by atoms with Crippen LogP contribution in [0.25, 0.3) is 0 Å². The maximum atomic E-state index is 12.1. The topological polar surface area (TPSA) is 59.8 Å². The Balaban J connectivity index is 1.63. The molecule has 1 atom stereocenters. The fourth-order valence-corrected chi connectivity index (χ4v) is 3.92. The van der Waals surface area contributed by atoms with E-state index in [9.17, 15) is 4.79 Å². The minimum atomic E-state index is 0.0614. The third-order valence-corrected chi connectivity index (χ3v) is 6.10. The largest absolute Gasteiger partial charge is 0.353 e. The van der Waals surface area contributed by atoms with Crippen LogP contribution in [0.2, 0.25) is 0 Å². The molecule has 7 heteroatoms. The molecule has 130 valence electrons. The minimum Gasteiger partial charge on any atom is -0.353 e. The Morgan fingerprint density at radius 1 is 1.42 bits per heavy atom. The number of hydrogen-bond acceptors (Lipinski definition) is 5. The molecule has 1 aliphatic rings. The lowest BCUT2D eigenvalue weighted by molar-refractivity contribution is -0.119. The monoisotopic (exact) mass is 364 g/mol. The minimum absolute atomic E-state index is 0.0614. The average molecular weight is 365 g/mol. The Kier molecular flexibility index (Phi) is 5.61. The van der Waals surface area contributed by atoms with Crippen molar-refractivity contribution in [1.29, 1.82) is 0 Å². The van der Waals surface area contributed by atoms with Gasteiger partial charge < -0.3 is 9.88 Å². The number of nitrogens with one attached hydrogen (secondary N) is 1. The van der Waals surface area contributed by atoms with Gasteiger partial charge in [-0.2, -0.15) is 0 Å². The standard InChI is InChI=1S/C17H24N4OS2/c1-11(2)12(3)18-16(22)10-24-17-20-19-15(21(17)13-6-7-13)9-14-5-4-8-23-14/h4-5,8,11-13H,6-7,9-10H2,1-3H3,(H,18,22)/t12-/m1/s1. The molecule has 1 aliphatic carbocycles. The number of rotatable bonds is 8. The SMILES string of the molecule is CC(C)[C@@H](C)NC(=O)CSc1nnc(Cc2cccs2)n1C1CC1. The van der Waals surface area contributed by atoms with Crippen molar-refractivity contribution in [2.24, 2.45) is 5.92 Å². The number of thioether (sulfide) groups is 1. The molecule has 1 saturated carbocycles. The van der Waals surface area contributed by atoms with Crippen molar-refractivity contribution in [3.8, 4) is 0 Å². The van der Waals surface area contributed by atoms with Crippen molar-refractivity contribution in [3.05, 3.63) is 28.2 Å². The van der Waals surface area contributed by atoms with Gasteiger partial charge in [-0.05, 0) is 37.1 Å². The van der Waals surface area contributed by atoms with Gasteiger partial charge in [0.25, 0.3) is 0 Å². The molecule has 1 fully saturated rings. The zero-order chi connectivity index (χ0) is 17.1. The van der Waals surface area contributed by atoms with Crippen molar-refractivity contribution >= 4 is 29.0 Å². The van der Waals surface area contributed by atoms with Crippen LogP contribution in [0.3, 0.4) is 0 Å². The molecule has 2 aromatic rings. The summed E-state index contributed by atoms with van der Waals surface area (Å²) in [6.07, 6.45) is 3.18. The lowest BCUT2D eigenvalue weighted by atomic mass is 10.1. The third kappa shape index (κ3) is 4.39. The van der Waals surface area contributed by atoms with E-state index in [1.165, 1.54) is 29.5 Å². The molecule has 0 saturated heterocycles. The van der Waals surface area contributed by atoms with Crippen LogP contribution in [-0.4, -0.2) is 32.5 Å². The van der Waals surface area contributed by atoms with Gasteiger partial charge in [-0.3, -0.25) is 4.79 Å². The summed E-state index contributed by atoms with van der Waals surface area (Å²) in [6.45, 7) is 6.26. The molecular weight excluding hydrogens is 340 g/mol. The number of amides is 1. The van der Waals surface area contributed by atoms with E-state index in [1.807, 2.05) is 6.92 Å². The van der Waals surface area contributed by atoms with E-state index in [2.05, 4.69) is 51.4 Å². The summed E-state index contributed by atoms with van der Waals surface area (Å²) in [7, 11) is 0. The second-order valence-corrected chi connectivity index (χ2v) is 8.62. The number of nitrogens with zero attached hydrogens (tertiary/aromatic N) is 3. The Hall–Kier alpha value is -1.34. The number of aromatic nitrogens is 3. The van der Waals surface area contributed by atoms with Crippen LogP contribution in [0.4, 0.5) is 0 Å². The summed E-state index contributed by atoms with van der Waals surface area (Å²) in [5.41, 5.74) is 0. The van der Waals surface area contributed by atoms with Gasteiger partial charge >= 0.3 is 0 Å². The zero-order valence-electron chi connectivity index (χ0n) is 14.4. The van der Waals surface area contributed by atoms with Gasteiger partial charge in [0.05, 0.1) is 5.75 Å². The van der Waals surface area contributed by atoms with Gasteiger partial charge in [-0.15, -0.1) is 21.5 Å². The fraction of sp³-hybridized carbons (Fsp3) is 0.588. The highest BCUT2D eigenvalue weighted by Crippen LogP contribution is 2.39. The molecule has 5 nitrogen and oxygen atoms in total. The molecule has 0 radical (unpaired) electrons. The Morgan fingerprint density at radius 2 is 2.21 bits per heavy atom. The first-order chi connectivity index (χ1) is 11.5. The van der Waals surface area contributed by atoms with E-state index in [4.69, 9.17) is 0 Å². The van der Waals surface area contributed by atoms with E-state index in [0.717, 1.165) is 17.4 Å². The number of thiophene rings is 1. The fourth-order valence-electron chi connectivity index (χ4n) is 2.39. The van der Waals surface area contributed by atoms with Crippen LogP contribution in [-0.2, 0) is 11.2 Å². The van der Waals surface area contributed by atoms with Crippen LogP contribution in [0.1, 0.15) is 50.4 Å². The van der Waals surface area contributed by atoms with E-state index < -0.39 is 0 Å². The van der Waals surface area contributed by atoms with Crippen LogP contribution in [0.15, 0.2) is 22.7 Å². The summed E-state index contributed by atoms with van der Waals surface area (Å²) in [4.78, 5) is 13.4. The number of hydrogen-bond donors (Lipinski definition) is 1. The average Bonchev–Trinajstić information content (AvgIpc) is 3.09. The predicted molar refractivity (Wildman–Crippen MR) is 98.6 cm³/mol. The molecule has 0 aliphatic heterocycles. The van der Waals surface area contributed by atoms with Gasteiger partial charge in [0.15, 0.2) is 5.16 Å². The highest BCUT2D eigenvalue weighted by molar-refractivity contribution is 7.99. The first-order valence-corrected chi connectivity index (χ1v) is 10.3. The lowest BCUT2D eigenvalue weighted by Crippen LogP contribution is -2.37. The summed E-state index contributed by atoms with van der Waals surface area (Å²) in [5.74, 6) is 1.90. The van der Waals surface area contributed by atoms with Gasteiger partial charge in [0.1, 0.15) is 5.82 Å². The first-order valence-electron chi connectivity index (χ1n) is 8.43. The van der Waals surface area contributed by atoms with Crippen LogP contribution in [0, 0.1) is 5.92 Å². The highest BCUT2D eigenvalue weighted by Gasteiger charge is 2.30. The van der Waals surface area contributed by atoms with Crippen molar-refractivity contribution in [1.82, 2.24) is 20.1 Å². The van der Waals surface area contributed by atoms with Crippen LogP contribution < -0.4 is 5.32 Å². The van der Waals surface area contributed by atoms with Gasteiger partial charge in [-0.25, -0.2) is 0 Å². The Morgan fingerprint density at radius 3 is 2.83 bits per heavy atom. The van der Waals surface area contributed by atoms with Gasteiger partial charge in [0.2, 0.25) is 5.91 Å². The number of carbonyl (C=O) groups excluding carboxylic acids is 1. The van der Waals surface area contributed by atoms with E-state index in [1.54, 1.807) is 11.3 Å². The molecule has 0 aromatic carbocycles. The summed E-state index contributed by atoms with van der Waals surface area (Å²) >= 11 is 3.23. The van der Waals surface area contributed by atoms with E-state index >= 15 is 0 Å². The van der Waals surface area contributed by atoms with Crippen molar-refractivity contribution in [2.75, 3.05) is 5.75 Å². The summed E-state index contributed by atoms with van der Waals surface area (Å²) < 4.78 is 2.24. The maximum Gasteiger partial charge on any atom is 0.230 e. The number of carbonyl (C=O) groups is 1. The third-order valence-electron chi connectivity index (χ3n) is 4.28. The highest BCUT2D eigenvalue weighted by atomic mass is 32.2. The van der Waals surface area contributed by atoms with Gasteiger partial charge in [-0.1, -0.05) is 31.7 Å². The van der Waals surface area contributed by atoms with Gasteiger partial charge in [0, 0.05) is 23.4 Å². The second kappa shape index (κ2) is 7.70. The zero-order valence-corrected chi connectivity index (χ0v) is 16.0. The molecule has 1 amide bonds. The lowest BCUT2D eigenvalue weighted by Gasteiger charge is -2.17. The van der Waals surface area contributed by atoms with E-state index in [0.29, 0.717) is 17.7 Å². The first kappa shape index (κ1) is 17.5. The summed E-state index contributed by atoms with van der Waals surface area (Å²) in [5, 5.41) is 14.7. The molecular formula is C17H24N4OS2. The molecule has 24 heavy (non-hydrogen) atoms. The maximum absolute atomic E-state index is 12.1. The molecule has 3 rings (SSSR count). The van der Waals surface area contributed by atoms with Crippen LogP contribution in [0.5, 0.6) is 0 Å². The molecule has 2 aromatic heterocycles. The Bertz CT molecular complexity index is 677. The quantitative estimate of drug-likeness (QED) is 0.728. The summed E-state index contributed by atoms with van der Waals surface area (Å²) in [6, 6.07) is 4.89. The molecule has 1 N–H and O–H groups in total. The van der Waals surface area contributed by atoms with E-state index in [-0.39, 0.29) is 11.9 Å². The molecule has 0 bridgehead atoms. The van der Waals surface area contributed by atoms with Crippen LogP contribution >= 0.6 is 23.1 Å². The van der Waals surface area contributed by atoms with Crippen molar-refractivity contribution < 1.29 is 4.79 Å². The second-order valence-electron chi connectivity index (χ2n) is 6.64. The van der Waals surface area contributed by atoms with Crippen molar-refractivity contribution in [2.45, 2.75) is 57.3 Å². The normalized spacial score (nSPS) is 15.7. The smallest absolute Gasteiger partial charge is 0.230 e. The van der Waals surface area contributed by atoms with Crippen molar-refractivity contribution in [3.63, 3.8) is 0 Å². The Labute approximate surface area is 151 Å². The molecule has 0 spiro atoms.